The average molecular weight is 280 g/mol. The number of ether oxygens (including phenoxy) is 1. The Kier molecular flexibility index (Phi) is 6.25. The van der Waals surface area contributed by atoms with E-state index in [0.29, 0.717) is 5.92 Å². The van der Waals surface area contributed by atoms with E-state index in [4.69, 9.17) is 4.74 Å². The number of hydrogen-bond donors (Lipinski definition) is 1. The van der Waals surface area contributed by atoms with E-state index in [2.05, 4.69) is 65.4 Å². The van der Waals surface area contributed by atoms with Gasteiger partial charge in [-0.1, -0.05) is 46.8 Å². The molecule has 19 heavy (non-hydrogen) atoms. The van der Waals surface area contributed by atoms with Gasteiger partial charge in [-0.3, -0.25) is 0 Å². The van der Waals surface area contributed by atoms with E-state index in [9.17, 15) is 0 Å². The summed E-state index contributed by atoms with van der Waals surface area (Å²) in [6, 6.07) is 6.64. The van der Waals surface area contributed by atoms with Gasteiger partial charge in [0.2, 0.25) is 0 Å². The van der Waals surface area contributed by atoms with Gasteiger partial charge in [0, 0.05) is 0 Å². The molecule has 0 N–H and O–H groups in total. The molecule has 0 spiro atoms. The molecule has 1 unspecified atom stereocenters. The van der Waals surface area contributed by atoms with Crippen molar-refractivity contribution in [2.45, 2.75) is 52.9 Å². The summed E-state index contributed by atoms with van der Waals surface area (Å²) in [5.74, 6) is 2.58. The fourth-order valence-corrected chi connectivity index (χ4v) is 2.22. The third-order valence-corrected chi connectivity index (χ3v) is 3.83. The Morgan fingerprint density at radius 3 is 2.47 bits per heavy atom. The van der Waals surface area contributed by atoms with Crippen LogP contribution in [-0.4, -0.2) is 12.4 Å². The minimum atomic E-state index is 0.114. The quantitative estimate of drug-likeness (QED) is 0.731. The molecule has 0 saturated carbocycles. The van der Waals surface area contributed by atoms with Crippen molar-refractivity contribution < 1.29 is 4.74 Å². The van der Waals surface area contributed by atoms with E-state index < -0.39 is 0 Å². The Labute approximate surface area is 124 Å². The van der Waals surface area contributed by atoms with Crippen LogP contribution in [-0.2, 0) is 11.8 Å². The maximum Gasteiger partial charge on any atom is 0.123 e. The van der Waals surface area contributed by atoms with Crippen molar-refractivity contribution in [3.05, 3.63) is 29.3 Å². The van der Waals surface area contributed by atoms with Gasteiger partial charge in [0.15, 0.2) is 0 Å². The fraction of sp³-hybridized carbons (Fsp3) is 0.647. The lowest BCUT2D eigenvalue weighted by molar-refractivity contribution is 0.308. The van der Waals surface area contributed by atoms with E-state index in [1.165, 1.54) is 11.1 Å². The largest absolute Gasteiger partial charge is 0.493 e. The second-order valence-corrected chi connectivity index (χ2v) is 6.79. The van der Waals surface area contributed by atoms with Gasteiger partial charge in [-0.15, -0.1) is 0 Å². The van der Waals surface area contributed by atoms with Gasteiger partial charge < -0.3 is 4.74 Å². The third-order valence-electron chi connectivity index (χ3n) is 3.21. The number of rotatable bonds is 6. The molecular formula is C17H28OS. The highest BCUT2D eigenvalue weighted by molar-refractivity contribution is 7.80. The van der Waals surface area contributed by atoms with Crippen LogP contribution in [0.4, 0.5) is 0 Å². The Morgan fingerprint density at radius 1 is 1.26 bits per heavy atom. The van der Waals surface area contributed by atoms with Crippen molar-refractivity contribution >= 4 is 12.6 Å². The van der Waals surface area contributed by atoms with E-state index in [1.807, 2.05) is 0 Å². The van der Waals surface area contributed by atoms with Gasteiger partial charge in [0.25, 0.3) is 0 Å². The SMILES string of the molecule is CCCOc1ccc(CC(C)CS)cc1C(C)(C)C. The molecule has 0 radical (unpaired) electrons. The van der Waals surface area contributed by atoms with E-state index in [-0.39, 0.29) is 5.41 Å². The first-order valence-corrected chi connectivity index (χ1v) is 7.88. The van der Waals surface area contributed by atoms with Gasteiger partial charge in [-0.05, 0) is 47.1 Å². The first-order chi connectivity index (χ1) is 8.88. The van der Waals surface area contributed by atoms with Gasteiger partial charge in [0.05, 0.1) is 6.61 Å². The summed E-state index contributed by atoms with van der Waals surface area (Å²) in [6.45, 7) is 11.9. The van der Waals surface area contributed by atoms with Crippen molar-refractivity contribution in [1.82, 2.24) is 0 Å². The summed E-state index contributed by atoms with van der Waals surface area (Å²) in [4.78, 5) is 0. The van der Waals surface area contributed by atoms with E-state index in [1.54, 1.807) is 0 Å². The Balaban J connectivity index is 3.01. The van der Waals surface area contributed by atoms with Crippen LogP contribution in [0, 0.1) is 5.92 Å². The molecule has 0 saturated heterocycles. The minimum absolute atomic E-state index is 0.114. The lowest BCUT2D eigenvalue weighted by Crippen LogP contribution is -2.15. The van der Waals surface area contributed by atoms with Crippen LogP contribution in [0.3, 0.4) is 0 Å². The molecule has 0 aliphatic heterocycles. The molecule has 108 valence electrons. The molecule has 0 amide bonds. The Morgan fingerprint density at radius 2 is 1.95 bits per heavy atom. The molecule has 0 aliphatic carbocycles. The number of benzene rings is 1. The number of hydrogen-bond acceptors (Lipinski definition) is 2. The lowest BCUT2D eigenvalue weighted by Gasteiger charge is -2.24. The van der Waals surface area contributed by atoms with E-state index in [0.717, 1.165) is 31.0 Å². The van der Waals surface area contributed by atoms with Crippen LogP contribution < -0.4 is 4.74 Å². The maximum atomic E-state index is 5.88. The van der Waals surface area contributed by atoms with Crippen LogP contribution in [0.2, 0.25) is 0 Å². The molecule has 0 aromatic heterocycles. The Hall–Kier alpha value is -0.630. The van der Waals surface area contributed by atoms with Gasteiger partial charge in [-0.25, -0.2) is 0 Å². The molecule has 0 heterocycles. The molecular weight excluding hydrogens is 252 g/mol. The summed E-state index contributed by atoms with van der Waals surface area (Å²) in [5.41, 5.74) is 2.81. The molecule has 2 heteroatoms. The molecule has 1 aromatic rings. The highest BCUT2D eigenvalue weighted by Crippen LogP contribution is 2.33. The predicted molar refractivity (Wildman–Crippen MR) is 87.6 cm³/mol. The van der Waals surface area contributed by atoms with Crippen LogP contribution in [0.5, 0.6) is 5.75 Å². The second-order valence-electron chi connectivity index (χ2n) is 6.42. The van der Waals surface area contributed by atoms with Gasteiger partial charge in [0.1, 0.15) is 5.75 Å². The van der Waals surface area contributed by atoms with Gasteiger partial charge in [-0.2, -0.15) is 12.6 Å². The molecule has 0 bridgehead atoms. The molecule has 0 aliphatic rings. The second kappa shape index (κ2) is 7.23. The highest BCUT2D eigenvalue weighted by Gasteiger charge is 2.19. The zero-order valence-electron chi connectivity index (χ0n) is 13.0. The molecule has 1 rings (SSSR count). The number of thiol groups is 1. The summed E-state index contributed by atoms with van der Waals surface area (Å²) >= 11 is 4.37. The van der Waals surface area contributed by atoms with Crippen LogP contribution in [0.1, 0.15) is 52.2 Å². The molecule has 0 fully saturated rings. The van der Waals surface area contributed by atoms with E-state index >= 15 is 0 Å². The average Bonchev–Trinajstić information content (AvgIpc) is 2.35. The summed E-state index contributed by atoms with van der Waals surface area (Å²) in [7, 11) is 0. The van der Waals surface area contributed by atoms with Crippen molar-refractivity contribution in [2.75, 3.05) is 12.4 Å². The van der Waals surface area contributed by atoms with Crippen molar-refractivity contribution in [1.29, 1.82) is 0 Å². The normalized spacial score (nSPS) is 13.4. The van der Waals surface area contributed by atoms with Crippen LogP contribution in [0.25, 0.3) is 0 Å². The molecule has 1 nitrogen and oxygen atoms in total. The first kappa shape index (κ1) is 16.4. The molecule has 1 atom stereocenters. The molecule has 1 aromatic carbocycles. The monoisotopic (exact) mass is 280 g/mol. The lowest BCUT2D eigenvalue weighted by atomic mass is 9.84. The smallest absolute Gasteiger partial charge is 0.123 e. The minimum Gasteiger partial charge on any atom is -0.493 e. The summed E-state index contributed by atoms with van der Waals surface area (Å²) < 4.78 is 5.88. The van der Waals surface area contributed by atoms with Crippen LogP contribution >= 0.6 is 12.6 Å². The zero-order chi connectivity index (χ0) is 14.5. The Bertz CT molecular complexity index is 393. The summed E-state index contributed by atoms with van der Waals surface area (Å²) in [5, 5.41) is 0. The van der Waals surface area contributed by atoms with Crippen molar-refractivity contribution in [2.24, 2.45) is 5.92 Å². The topological polar surface area (TPSA) is 9.23 Å². The zero-order valence-corrected chi connectivity index (χ0v) is 13.9. The standard InChI is InChI=1S/C17H28OS/c1-6-9-18-16-8-7-14(10-13(2)12-19)11-15(16)17(3,4)5/h7-8,11,13,19H,6,9-10,12H2,1-5H3. The predicted octanol–water partition coefficient (Wildman–Crippen LogP) is 4.88. The first-order valence-electron chi connectivity index (χ1n) is 7.25. The third kappa shape index (κ3) is 5.10. The van der Waals surface area contributed by atoms with Crippen molar-refractivity contribution in [3.63, 3.8) is 0 Å². The fourth-order valence-electron chi connectivity index (χ4n) is 2.10. The maximum absolute atomic E-state index is 5.88. The highest BCUT2D eigenvalue weighted by atomic mass is 32.1. The van der Waals surface area contributed by atoms with Crippen LogP contribution in [0.15, 0.2) is 18.2 Å². The van der Waals surface area contributed by atoms with Crippen molar-refractivity contribution in [3.8, 4) is 5.75 Å². The summed E-state index contributed by atoms with van der Waals surface area (Å²) in [6.07, 6.45) is 2.13. The van der Waals surface area contributed by atoms with Gasteiger partial charge >= 0.3 is 0 Å².